The van der Waals surface area contributed by atoms with Crippen LogP contribution >= 0.6 is 0 Å². The number of fused-ring (bicyclic) bond motifs is 1. The topological polar surface area (TPSA) is 46.5 Å². The molecule has 1 aromatic carbocycles. The first-order chi connectivity index (χ1) is 6.70. The van der Waals surface area contributed by atoms with Crippen LogP contribution < -0.4 is 4.74 Å². The first-order valence-electron chi connectivity index (χ1n) is 4.67. The highest BCUT2D eigenvalue weighted by molar-refractivity contribution is 6.01. The molecular formula is C11H12O3. The number of aliphatic hydroxyl groups is 1. The van der Waals surface area contributed by atoms with Gasteiger partial charge in [-0.15, -0.1) is 0 Å². The first-order valence-corrected chi connectivity index (χ1v) is 4.67. The number of ketones is 1. The molecule has 1 aliphatic heterocycles. The number of carbonyl (C=O) groups is 1. The smallest absolute Gasteiger partial charge is 0.194 e. The summed E-state index contributed by atoms with van der Waals surface area (Å²) in [6.07, 6.45) is -0.123. The van der Waals surface area contributed by atoms with E-state index in [1.165, 1.54) is 6.92 Å². The van der Waals surface area contributed by atoms with E-state index in [0.29, 0.717) is 17.9 Å². The van der Waals surface area contributed by atoms with Crippen molar-refractivity contribution in [2.24, 2.45) is 0 Å². The van der Waals surface area contributed by atoms with Gasteiger partial charge in [-0.2, -0.15) is 0 Å². The van der Waals surface area contributed by atoms with Crippen molar-refractivity contribution < 1.29 is 14.6 Å². The lowest BCUT2D eigenvalue weighted by atomic mass is 10.0. The quantitative estimate of drug-likeness (QED) is 0.716. The van der Waals surface area contributed by atoms with Gasteiger partial charge >= 0.3 is 0 Å². The molecule has 0 aliphatic carbocycles. The van der Waals surface area contributed by atoms with E-state index in [-0.39, 0.29) is 5.78 Å². The van der Waals surface area contributed by atoms with Gasteiger partial charge in [0, 0.05) is 6.42 Å². The Balaban J connectivity index is 2.44. The van der Waals surface area contributed by atoms with Gasteiger partial charge in [0.2, 0.25) is 0 Å². The lowest BCUT2D eigenvalue weighted by molar-refractivity contribution is 0.0776. The van der Waals surface area contributed by atoms with Gasteiger partial charge < -0.3 is 9.84 Å². The van der Waals surface area contributed by atoms with Gasteiger partial charge in [-0.05, 0) is 18.6 Å². The van der Waals surface area contributed by atoms with Crippen molar-refractivity contribution in [1.82, 2.24) is 0 Å². The maximum absolute atomic E-state index is 11.6. The maximum Gasteiger partial charge on any atom is 0.194 e. The van der Waals surface area contributed by atoms with Crippen LogP contribution in [0, 0.1) is 0 Å². The number of rotatable bonds is 2. The molecule has 0 radical (unpaired) electrons. The zero-order chi connectivity index (χ0) is 10.1. The Bertz CT molecular complexity index is 369. The van der Waals surface area contributed by atoms with Crippen molar-refractivity contribution in [1.29, 1.82) is 0 Å². The zero-order valence-corrected chi connectivity index (χ0v) is 7.99. The molecule has 2 rings (SSSR count). The maximum atomic E-state index is 11.6. The van der Waals surface area contributed by atoms with Crippen LogP contribution in [0.4, 0.5) is 0 Å². The van der Waals surface area contributed by atoms with Gasteiger partial charge in [0.15, 0.2) is 5.78 Å². The predicted octanol–water partition coefficient (Wildman–Crippen LogP) is 1.18. The summed E-state index contributed by atoms with van der Waals surface area (Å²) < 4.78 is 5.37. The molecular weight excluding hydrogens is 180 g/mol. The second kappa shape index (κ2) is 3.42. The number of aliphatic hydroxyl groups excluding tert-OH is 1. The molecule has 0 saturated heterocycles. The summed E-state index contributed by atoms with van der Waals surface area (Å²) >= 11 is 0. The van der Waals surface area contributed by atoms with Crippen molar-refractivity contribution in [3.8, 4) is 5.75 Å². The fourth-order valence-electron chi connectivity index (χ4n) is 1.63. The van der Waals surface area contributed by atoms with Crippen LogP contribution in [-0.4, -0.2) is 23.6 Å². The van der Waals surface area contributed by atoms with Gasteiger partial charge in [-0.3, -0.25) is 4.79 Å². The second-order valence-electron chi connectivity index (χ2n) is 3.43. The first kappa shape index (κ1) is 9.21. The average Bonchev–Trinajstić information content (AvgIpc) is 2.63. The van der Waals surface area contributed by atoms with Crippen LogP contribution in [0.3, 0.4) is 0 Å². The molecule has 1 atom stereocenters. The van der Waals surface area contributed by atoms with E-state index in [2.05, 4.69) is 0 Å². The predicted molar refractivity (Wildman–Crippen MR) is 51.7 cm³/mol. The monoisotopic (exact) mass is 192 g/mol. The van der Waals surface area contributed by atoms with Crippen molar-refractivity contribution in [3.63, 3.8) is 0 Å². The Morgan fingerprint density at radius 1 is 1.57 bits per heavy atom. The summed E-state index contributed by atoms with van der Waals surface area (Å²) in [6, 6.07) is 5.46. The summed E-state index contributed by atoms with van der Waals surface area (Å²) in [5.74, 6) is 0.377. The molecule has 1 N–H and O–H groups in total. The minimum absolute atomic E-state index is 0.274. The summed E-state index contributed by atoms with van der Waals surface area (Å²) in [6.45, 7) is 2.09. The number of ether oxygens (including phenoxy) is 1. The summed E-state index contributed by atoms with van der Waals surface area (Å²) in [5.41, 5.74) is 1.55. The minimum Gasteiger partial charge on any atom is -0.492 e. The molecule has 74 valence electrons. The second-order valence-corrected chi connectivity index (χ2v) is 3.43. The molecule has 0 aromatic heterocycles. The normalized spacial score (nSPS) is 15.9. The SMILES string of the molecule is CC(O)C(=O)c1cccc2c1OCC2. The summed E-state index contributed by atoms with van der Waals surface area (Å²) in [4.78, 5) is 11.6. The number of Topliss-reactive ketones (excluding diaryl/α,β-unsaturated/α-hetero) is 1. The van der Waals surface area contributed by atoms with Crippen molar-refractivity contribution in [2.45, 2.75) is 19.4 Å². The highest BCUT2D eigenvalue weighted by Gasteiger charge is 2.22. The van der Waals surface area contributed by atoms with E-state index in [1.54, 1.807) is 6.07 Å². The van der Waals surface area contributed by atoms with Crippen LogP contribution in [0.15, 0.2) is 18.2 Å². The molecule has 0 amide bonds. The van der Waals surface area contributed by atoms with E-state index < -0.39 is 6.10 Å². The Labute approximate surface area is 82.3 Å². The Kier molecular flexibility index (Phi) is 2.25. The third kappa shape index (κ3) is 1.40. The van der Waals surface area contributed by atoms with Crippen LogP contribution in [0.1, 0.15) is 22.8 Å². The minimum atomic E-state index is -0.967. The van der Waals surface area contributed by atoms with Crippen molar-refractivity contribution in [2.75, 3.05) is 6.61 Å². The standard InChI is InChI=1S/C11H12O3/c1-7(12)10(13)9-4-2-3-8-5-6-14-11(8)9/h2-4,7,12H,5-6H2,1H3. The molecule has 0 fully saturated rings. The molecule has 0 saturated carbocycles. The zero-order valence-electron chi connectivity index (χ0n) is 7.99. The third-order valence-electron chi connectivity index (χ3n) is 2.36. The molecule has 1 aliphatic rings. The van der Waals surface area contributed by atoms with Crippen molar-refractivity contribution in [3.05, 3.63) is 29.3 Å². The van der Waals surface area contributed by atoms with Gasteiger partial charge in [0.05, 0.1) is 12.2 Å². The highest BCUT2D eigenvalue weighted by atomic mass is 16.5. The van der Waals surface area contributed by atoms with Gasteiger partial charge in [0.1, 0.15) is 11.9 Å². The van der Waals surface area contributed by atoms with Gasteiger partial charge in [-0.25, -0.2) is 0 Å². The molecule has 1 heterocycles. The Morgan fingerprint density at radius 2 is 2.36 bits per heavy atom. The van der Waals surface area contributed by atoms with E-state index in [9.17, 15) is 9.90 Å². The molecule has 0 bridgehead atoms. The van der Waals surface area contributed by atoms with Crippen LogP contribution in [0.2, 0.25) is 0 Å². The number of para-hydroxylation sites is 1. The Morgan fingerprint density at radius 3 is 3.07 bits per heavy atom. The lowest BCUT2D eigenvalue weighted by Crippen LogP contribution is -2.16. The summed E-state index contributed by atoms with van der Waals surface area (Å²) in [7, 11) is 0. The van der Waals surface area contributed by atoms with Crippen LogP contribution in [0.25, 0.3) is 0 Å². The fraction of sp³-hybridized carbons (Fsp3) is 0.364. The van der Waals surface area contributed by atoms with Crippen LogP contribution in [0.5, 0.6) is 5.75 Å². The molecule has 1 aromatic rings. The van der Waals surface area contributed by atoms with E-state index >= 15 is 0 Å². The third-order valence-corrected chi connectivity index (χ3v) is 2.36. The van der Waals surface area contributed by atoms with E-state index in [1.807, 2.05) is 12.1 Å². The molecule has 14 heavy (non-hydrogen) atoms. The number of hydrogen-bond acceptors (Lipinski definition) is 3. The largest absolute Gasteiger partial charge is 0.492 e. The van der Waals surface area contributed by atoms with Crippen LogP contribution in [-0.2, 0) is 6.42 Å². The number of carbonyl (C=O) groups excluding carboxylic acids is 1. The number of benzene rings is 1. The van der Waals surface area contributed by atoms with E-state index in [4.69, 9.17) is 4.74 Å². The average molecular weight is 192 g/mol. The molecule has 3 nitrogen and oxygen atoms in total. The molecule has 3 heteroatoms. The van der Waals surface area contributed by atoms with Gasteiger partial charge in [-0.1, -0.05) is 12.1 Å². The van der Waals surface area contributed by atoms with Gasteiger partial charge in [0.25, 0.3) is 0 Å². The lowest BCUT2D eigenvalue weighted by Gasteiger charge is -2.08. The summed E-state index contributed by atoms with van der Waals surface area (Å²) in [5, 5.41) is 9.20. The molecule has 1 unspecified atom stereocenters. The Hall–Kier alpha value is -1.35. The highest BCUT2D eigenvalue weighted by Crippen LogP contribution is 2.30. The van der Waals surface area contributed by atoms with E-state index in [0.717, 1.165) is 12.0 Å². The molecule has 0 spiro atoms. The number of hydrogen-bond donors (Lipinski definition) is 1. The van der Waals surface area contributed by atoms with Crippen molar-refractivity contribution >= 4 is 5.78 Å². The fourth-order valence-corrected chi connectivity index (χ4v) is 1.63.